The average molecular weight is 258 g/mol. The van der Waals surface area contributed by atoms with Crippen molar-refractivity contribution < 1.29 is 15.0 Å². The van der Waals surface area contributed by atoms with Gasteiger partial charge in [-0.2, -0.15) is 0 Å². The molecule has 0 aliphatic rings. The first-order valence-corrected chi connectivity index (χ1v) is 7.56. The Morgan fingerprint density at radius 1 is 0.889 bits per heavy atom. The summed E-state index contributed by atoms with van der Waals surface area (Å²) in [6.07, 6.45) is 12.0. The van der Waals surface area contributed by atoms with Gasteiger partial charge in [0.05, 0.1) is 6.10 Å². The molecule has 0 saturated heterocycles. The molecule has 0 radical (unpaired) electrons. The van der Waals surface area contributed by atoms with E-state index in [0.717, 1.165) is 25.7 Å². The Morgan fingerprint density at radius 3 is 1.94 bits per heavy atom. The van der Waals surface area contributed by atoms with Crippen LogP contribution in [0.25, 0.3) is 0 Å². The van der Waals surface area contributed by atoms with Gasteiger partial charge >= 0.3 is 5.97 Å². The number of hydrogen-bond acceptors (Lipinski definition) is 2. The number of carbonyl (C=O) groups is 1. The Bertz CT molecular complexity index is 192. The highest BCUT2D eigenvalue weighted by atomic mass is 16.4. The van der Waals surface area contributed by atoms with Gasteiger partial charge in [-0.3, -0.25) is 4.79 Å². The highest BCUT2D eigenvalue weighted by Gasteiger charge is 2.04. The van der Waals surface area contributed by atoms with E-state index in [9.17, 15) is 9.90 Å². The summed E-state index contributed by atoms with van der Waals surface area (Å²) in [4.78, 5) is 10.3. The summed E-state index contributed by atoms with van der Waals surface area (Å²) < 4.78 is 0. The fourth-order valence-corrected chi connectivity index (χ4v) is 2.14. The summed E-state index contributed by atoms with van der Waals surface area (Å²) in [6, 6.07) is 0. The standard InChI is InChI=1S/C15H30O3/c1-2-3-4-5-6-7-8-11-14(16)12-9-10-13-15(17)18/h14,16H,2-13H2,1H3,(H,17,18). The van der Waals surface area contributed by atoms with Crippen LogP contribution in [0.1, 0.15) is 84.0 Å². The maximum atomic E-state index is 10.3. The van der Waals surface area contributed by atoms with Crippen LogP contribution in [0.3, 0.4) is 0 Å². The predicted molar refractivity (Wildman–Crippen MR) is 74.7 cm³/mol. The van der Waals surface area contributed by atoms with Crippen LogP contribution in [0.4, 0.5) is 0 Å². The van der Waals surface area contributed by atoms with Gasteiger partial charge in [-0.05, 0) is 19.3 Å². The first kappa shape index (κ1) is 17.4. The van der Waals surface area contributed by atoms with Crippen LogP contribution in [0, 0.1) is 0 Å². The molecule has 0 rings (SSSR count). The number of rotatable bonds is 13. The summed E-state index contributed by atoms with van der Waals surface area (Å²) in [5, 5.41) is 18.2. The summed E-state index contributed by atoms with van der Waals surface area (Å²) in [5.41, 5.74) is 0. The van der Waals surface area contributed by atoms with Crippen LogP contribution < -0.4 is 0 Å². The highest BCUT2D eigenvalue weighted by Crippen LogP contribution is 2.13. The van der Waals surface area contributed by atoms with Gasteiger partial charge in [0, 0.05) is 6.42 Å². The van der Waals surface area contributed by atoms with Crippen molar-refractivity contribution in [3.8, 4) is 0 Å². The Kier molecular flexibility index (Phi) is 12.5. The number of aliphatic hydroxyl groups is 1. The molecule has 1 atom stereocenters. The summed E-state index contributed by atoms with van der Waals surface area (Å²) in [5.74, 6) is -0.739. The Balaban J connectivity index is 3.16. The summed E-state index contributed by atoms with van der Waals surface area (Å²) in [6.45, 7) is 2.22. The second-order valence-corrected chi connectivity index (χ2v) is 5.20. The maximum absolute atomic E-state index is 10.3. The second kappa shape index (κ2) is 12.9. The molecule has 0 spiro atoms. The van der Waals surface area contributed by atoms with Gasteiger partial charge in [-0.15, -0.1) is 0 Å². The molecule has 0 bridgehead atoms. The second-order valence-electron chi connectivity index (χ2n) is 5.20. The smallest absolute Gasteiger partial charge is 0.303 e. The monoisotopic (exact) mass is 258 g/mol. The molecule has 0 fully saturated rings. The minimum absolute atomic E-state index is 0.226. The van der Waals surface area contributed by atoms with Crippen molar-refractivity contribution in [3.63, 3.8) is 0 Å². The molecule has 0 saturated carbocycles. The van der Waals surface area contributed by atoms with Gasteiger partial charge in [0.25, 0.3) is 0 Å². The van der Waals surface area contributed by atoms with Crippen LogP contribution in [0.15, 0.2) is 0 Å². The zero-order valence-electron chi connectivity index (χ0n) is 11.9. The zero-order chi connectivity index (χ0) is 13.6. The molecular weight excluding hydrogens is 228 g/mol. The Hall–Kier alpha value is -0.570. The van der Waals surface area contributed by atoms with E-state index in [1.165, 1.54) is 38.5 Å². The van der Waals surface area contributed by atoms with E-state index in [1.54, 1.807) is 0 Å². The summed E-state index contributed by atoms with van der Waals surface area (Å²) in [7, 11) is 0. The van der Waals surface area contributed by atoms with Crippen LogP contribution in [0.5, 0.6) is 0 Å². The molecule has 0 heterocycles. The van der Waals surface area contributed by atoms with Gasteiger partial charge in [-0.25, -0.2) is 0 Å². The molecule has 2 N–H and O–H groups in total. The normalized spacial score (nSPS) is 12.6. The molecular formula is C15H30O3. The SMILES string of the molecule is CCCCCCCCCC(O)CCCCC(=O)O. The molecule has 3 heteroatoms. The van der Waals surface area contributed by atoms with Gasteiger partial charge in [-0.1, -0.05) is 58.3 Å². The first-order valence-electron chi connectivity index (χ1n) is 7.56. The predicted octanol–water partition coefficient (Wildman–Crippen LogP) is 4.13. The minimum atomic E-state index is -0.739. The van der Waals surface area contributed by atoms with E-state index in [4.69, 9.17) is 5.11 Å². The molecule has 0 amide bonds. The van der Waals surface area contributed by atoms with Crippen molar-refractivity contribution in [3.05, 3.63) is 0 Å². The van der Waals surface area contributed by atoms with E-state index in [-0.39, 0.29) is 12.5 Å². The number of aliphatic hydroxyl groups excluding tert-OH is 1. The van der Waals surface area contributed by atoms with Crippen molar-refractivity contribution in [1.82, 2.24) is 0 Å². The minimum Gasteiger partial charge on any atom is -0.481 e. The van der Waals surface area contributed by atoms with Crippen molar-refractivity contribution in [2.75, 3.05) is 0 Å². The fraction of sp³-hybridized carbons (Fsp3) is 0.933. The van der Waals surface area contributed by atoms with E-state index in [0.29, 0.717) is 6.42 Å². The Labute approximate surface area is 112 Å². The van der Waals surface area contributed by atoms with Gasteiger partial charge in [0.15, 0.2) is 0 Å². The molecule has 18 heavy (non-hydrogen) atoms. The van der Waals surface area contributed by atoms with Crippen LogP contribution in [-0.2, 0) is 4.79 Å². The molecule has 108 valence electrons. The van der Waals surface area contributed by atoms with Crippen molar-refractivity contribution >= 4 is 5.97 Å². The largest absolute Gasteiger partial charge is 0.481 e. The van der Waals surface area contributed by atoms with Crippen LogP contribution >= 0.6 is 0 Å². The van der Waals surface area contributed by atoms with E-state index in [2.05, 4.69) is 6.92 Å². The Morgan fingerprint density at radius 2 is 1.39 bits per heavy atom. The van der Waals surface area contributed by atoms with Crippen LogP contribution in [0.2, 0.25) is 0 Å². The lowest BCUT2D eigenvalue weighted by molar-refractivity contribution is -0.137. The van der Waals surface area contributed by atoms with Gasteiger partial charge in [0.2, 0.25) is 0 Å². The molecule has 0 aromatic carbocycles. The van der Waals surface area contributed by atoms with Gasteiger partial charge < -0.3 is 10.2 Å². The van der Waals surface area contributed by atoms with E-state index < -0.39 is 5.97 Å². The topological polar surface area (TPSA) is 57.5 Å². The average Bonchev–Trinajstić information content (AvgIpc) is 2.33. The number of carboxylic acids is 1. The van der Waals surface area contributed by atoms with E-state index >= 15 is 0 Å². The molecule has 0 aromatic heterocycles. The lowest BCUT2D eigenvalue weighted by atomic mass is 10.0. The third kappa shape index (κ3) is 13.5. The van der Waals surface area contributed by atoms with Crippen molar-refractivity contribution in [2.45, 2.75) is 90.1 Å². The third-order valence-electron chi connectivity index (χ3n) is 3.32. The van der Waals surface area contributed by atoms with Crippen molar-refractivity contribution in [2.24, 2.45) is 0 Å². The molecule has 0 aromatic rings. The first-order chi connectivity index (χ1) is 8.66. The lowest BCUT2D eigenvalue weighted by Crippen LogP contribution is -2.06. The number of hydrogen-bond donors (Lipinski definition) is 2. The third-order valence-corrected chi connectivity index (χ3v) is 3.32. The van der Waals surface area contributed by atoms with Gasteiger partial charge in [0.1, 0.15) is 0 Å². The number of unbranched alkanes of at least 4 members (excludes halogenated alkanes) is 7. The van der Waals surface area contributed by atoms with Crippen LogP contribution in [-0.4, -0.2) is 22.3 Å². The number of carboxylic acid groups (broad SMARTS) is 1. The lowest BCUT2D eigenvalue weighted by Gasteiger charge is -2.09. The fourth-order valence-electron chi connectivity index (χ4n) is 2.14. The molecule has 0 aliphatic carbocycles. The molecule has 1 unspecified atom stereocenters. The molecule has 3 nitrogen and oxygen atoms in total. The quantitative estimate of drug-likeness (QED) is 0.488. The summed E-state index contributed by atoms with van der Waals surface area (Å²) >= 11 is 0. The number of aliphatic carboxylic acids is 1. The van der Waals surface area contributed by atoms with E-state index in [1.807, 2.05) is 0 Å². The highest BCUT2D eigenvalue weighted by molar-refractivity contribution is 5.66. The maximum Gasteiger partial charge on any atom is 0.303 e. The zero-order valence-corrected chi connectivity index (χ0v) is 11.9. The molecule has 0 aliphatic heterocycles. The van der Waals surface area contributed by atoms with Crippen molar-refractivity contribution in [1.29, 1.82) is 0 Å².